The molecule has 0 aromatic carbocycles. The van der Waals surface area contributed by atoms with Crippen LogP contribution in [-0.4, -0.2) is 50.5 Å². The van der Waals surface area contributed by atoms with E-state index in [0.29, 0.717) is 0 Å². The van der Waals surface area contributed by atoms with E-state index in [-0.39, 0.29) is 0 Å². The molecule has 0 rings (SSSR count). The van der Waals surface area contributed by atoms with Crippen LogP contribution in [0.5, 0.6) is 0 Å². The molecule has 0 heterocycles. The Kier molecular flexibility index (Phi) is 4.97. The number of carboxylic acids is 1. The molecule has 0 aliphatic carbocycles. The van der Waals surface area contributed by atoms with Gasteiger partial charge in [-0.15, -0.1) is 0 Å². The van der Waals surface area contributed by atoms with Gasteiger partial charge in [-0.1, -0.05) is 0 Å². The van der Waals surface area contributed by atoms with Gasteiger partial charge in [0.05, 0.1) is 7.11 Å². The van der Waals surface area contributed by atoms with E-state index in [1.165, 1.54) is 4.72 Å². The van der Waals surface area contributed by atoms with Crippen molar-refractivity contribution in [2.75, 3.05) is 13.7 Å². The van der Waals surface area contributed by atoms with Crippen molar-refractivity contribution in [2.24, 2.45) is 0 Å². The Hall–Kier alpha value is -1.39. The van der Waals surface area contributed by atoms with Crippen molar-refractivity contribution in [3.63, 3.8) is 0 Å². The molecule has 0 aliphatic heterocycles. The van der Waals surface area contributed by atoms with Crippen molar-refractivity contribution in [2.45, 2.75) is 6.10 Å². The summed E-state index contributed by atoms with van der Waals surface area (Å²) in [6.07, 6.45) is -3.12. The number of aliphatic carboxylic acids is 1. The molecule has 0 aliphatic rings. The molecule has 0 saturated heterocycles. The fraction of sp³-hybridized carbons (Fsp3) is 0.600. The first-order chi connectivity index (χ1) is 6.78. The molecule has 1 atom stereocenters. The van der Waals surface area contributed by atoms with Crippen LogP contribution in [-0.2, 0) is 19.7 Å². The monoisotopic (exact) mass is 242 g/mol. The van der Waals surface area contributed by atoms with Crippen LogP contribution in [0, 0.1) is 0 Å². The average Bonchev–Trinajstić information content (AvgIpc) is 2.13. The predicted octanol–water partition coefficient (Wildman–Crippen LogP) is -2.38. The number of nitrogens with one attached hydrogen (secondary N) is 2. The third-order valence-corrected chi connectivity index (χ3v) is 2.14. The zero-order valence-corrected chi connectivity index (χ0v) is 8.44. The quantitative estimate of drug-likeness (QED) is 0.421. The Morgan fingerprint density at radius 2 is 2.00 bits per heavy atom. The highest BCUT2D eigenvalue weighted by Crippen LogP contribution is 1.84. The number of aliphatic hydroxyl groups is 1. The molecule has 0 bridgehead atoms. The van der Waals surface area contributed by atoms with Gasteiger partial charge in [0.25, 0.3) is 0 Å². The minimum atomic E-state index is -4.22. The Balaban J connectivity index is 4.17. The van der Waals surface area contributed by atoms with Crippen molar-refractivity contribution in [1.82, 2.24) is 9.44 Å². The summed E-state index contributed by atoms with van der Waals surface area (Å²) in [5, 5.41) is 16.9. The van der Waals surface area contributed by atoms with Crippen LogP contribution in [0.1, 0.15) is 0 Å². The summed E-state index contributed by atoms with van der Waals surface area (Å²) in [6, 6.07) is 0. The van der Waals surface area contributed by atoms with Gasteiger partial charge >= 0.3 is 22.3 Å². The molecule has 88 valence electrons. The van der Waals surface area contributed by atoms with Gasteiger partial charge in [-0.05, 0) is 0 Å². The van der Waals surface area contributed by atoms with E-state index in [9.17, 15) is 18.0 Å². The fourth-order valence-corrected chi connectivity index (χ4v) is 1.22. The van der Waals surface area contributed by atoms with E-state index in [1.807, 2.05) is 0 Å². The molecule has 4 N–H and O–H groups in total. The number of amides is 1. The van der Waals surface area contributed by atoms with Gasteiger partial charge in [-0.25, -0.2) is 14.3 Å². The van der Waals surface area contributed by atoms with E-state index in [4.69, 9.17) is 10.2 Å². The van der Waals surface area contributed by atoms with Crippen molar-refractivity contribution in [3.8, 4) is 0 Å². The molecular formula is C5H10N2O7S. The summed E-state index contributed by atoms with van der Waals surface area (Å²) in [7, 11) is -3.26. The van der Waals surface area contributed by atoms with Crippen molar-refractivity contribution in [1.29, 1.82) is 0 Å². The molecular weight excluding hydrogens is 232 g/mol. The highest BCUT2D eigenvalue weighted by Gasteiger charge is 2.19. The number of aliphatic hydroxyl groups excluding tert-OH is 1. The lowest BCUT2D eigenvalue weighted by molar-refractivity contribution is -0.146. The second-order valence-electron chi connectivity index (χ2n) is 2.30. The third-order valence-electron chi connectivity index (χ3n) is 1.15. The highest BCUT2D eigenvalue weighted by atomic mass is 32.2. The summed E-state index contributed by atoms with van der Waals surface area (Å²) >= 11 is 0. The Morgan fingerprint density at radius 3 is 2.40 bits per heavy atom. The molecule has 0 fully saturated rings. The lowest BCUT2D eigenvalue weighted by Crippen LogP contribution is -2.44. The van der Waals surface area contributed by atoms with E-state index >= 15 is 0 Å². The summed E-state index contributed by atoms with van der Waals surface area (Å²) < 4.78 is 28.8. The third kappa shape index (κ3) is 5.83. The molecule has 0 radical (unpaired) electrons. The van der Waals surface area contributed by atoms with Gasteiger partial charge in [-0.2, -0.15) is 13.1 Å². The van der Waals surface area contributed by atoms with Crippen molar-refractivity contribution < 1.29 is 33.0 Å². The number of hydrogen-bond acceptors (Lipinski definition) is 6. The van der Waals surface area contributed by atoms with Crippen LogP contribution in [0.15, 0.2) is 0 Å². The molecule has 0 spiro atoms. The second-order valence-corrected chi connectivity index (χ2v) is 3.80. The van der Waals surface area contributed by atoms with Gasteiger partial charge in [0, 0.05) is 6.54 Å². The first kappa shape index (κ1) is 13.6. The number of carbonyl (C=O) groups excluding carboxylic acids is 1. The van der Waals surface area contributed by atoms with E-state index in [2.05, 4.69) is 4.74 Å². The standard InChI is InChI=1S/C5H10N2O7S/c1-14-5(11)7-15(12,13)6-2-3(8)4(9)10/h3,6,8H,2H2,1H3,(H,7,11)(H,9,10). The van der Waals surface area contributed by atoms with Crippen LogP contribution in [0.3, 0.4) is 0 Å². The highest BCUT2D eigenvalue weighted by molar-refractivity contribution is 7.88. The van der Waals surface area contributed by atoms with Gasteiger partial charge < -0.3 is 14.9 Å². The summed E-state index contributed by atoms with van der Waals surface area (Å²) in [5.74, 6) is -1.59. The first-order valence-electron chi connectivity index (χ1n) is 3.54. The van der Waals surface area contributed by atoms with Gasteiger partial charge in [-0.3, -0.25) is 0 Å². The van der Waals surface area contributed by atoms with E-state index in [1.54, 1.807) is 4.72 Å². The van der Waals surface area contributed by atoms with E-state index < -0.39 is 34.9 Å². The smallest absolute Gasteiger partial charge is 0.421 e. The summed E-state index contributed by atoms with van der Waals surface area (Å²) in [4.78, 5) is 20.6. The molecule has 0 aromatic heterocycles. The minimum Gasteiger partial charge on any atom is -0.479 e. The number of carbonyl (C=O) groups is 2. The largest absolute Gasteiger partial charge is 0.479 e. The number of rotatable bonds is 5. The zero-order valence-electron chi connectivity index (χ0n) is 7.63. The number of hydrogen-bond donors (Lipinski definition) is 4. The number of ether oxygens (including phenoxy) is 1. The Morgan fingerprint density at radius 1 is 1.47 bits per heavy atom. The first-order valence-corrected chi connectivity index (χ1v) is 5.03. The van der Waals surface area contributed by atoms with Crippen LogP contribution >= 0.6 is 0 Å². The molecule has 1 unspecified atom stereocenters. The maximum atomic E-state index is 10.9. The minimum absolute atomic E-state index is 0.762. The molecule has 1 amide bonds. The Labute approximate surface area is 85.2 Å². The van der Waals surface area contributed by atoms with E-state index in [0.717, 1.165) is 7.11 Å². The zero-order chi connectivity index (χ0) is 12.1. The number of methoxy groups -OCH3 is 1. The summed E-state index contributed by atoms with van der Waals surface area (Å²) in [6.45, 7) is -0.762. The second kappa shape index (κ2) is 5.48. The topological polar surface area (TPSA) is 142 Å². The Bertz CT molecular complexity index is 337. The maximum Gasteiger partial charge on any atom is 0.421 e. The van der Waals surface area contributed by atoms with Gasteiger partial charge in [0.15, 0.2) is 6.10 Å². The normalized spacial score (nSPS) is 12.9. The predicted molar refractivity (Wildman–Crippen MR) is 46.1 cm³/mol. The van der Waals surface area contributed by atoms with Crippen LogP contribution in [0.2, 0.25) is 0 Å². The summed E-state index contributed by atoms with van der Waals surface area (Å²) in [5.41, 5.74) is 0. The van der Waals surface area contributed by atoms with Gasteiger partial charge in [0.2, 0.25) is 0 Å². The molecule has 0 saturated carbocycles. The van der Waals surface area contributed by atoms with Crippen LogP contribution in [0.4, 0.5) is 4.79 Å². The molecule has 15 heavy (non-hydrogen) atoms. The fourth-order valence-electron chi connectivity index (χ4n) is 0.463. The lowest BCUT2D eigenvalue weighted by atomic mass is 10.4. The number of carboxylic acid groups (broad SMARTS) is 1. The maximum absolute atomic E-state index is 10.9. The average molecular weight is 242 g/mol. The van der Waals surface area contributed by atoms with Gasteiger partial charge in [0.1, 0.15) is 0 Å². The molecule has 10 heteroatoms. The van der Waals surface area contributed by atoms with Crippen LogP contribution in [0.25, 0.3) is 0 Å². The van der Waals surface area contributed by atoms with Crippen LogP contribution < -0.4 is 9.44 Å². The molecule has 9 nitrogen and oxygen atoms in total. The SMILES string of the molecule is COC(=O)NS(=O)(=O)NCC(O)C(=O)O. The lowest BCUT2D eigenvalue weighted by Gasteiger charge is -2.08. The molecule has 0 aromatic rings. The van der Waals surface area contributed by atoms with Crippen molar-refractivity contribution in [3.05, 3.63) is 0 Å². The van der Waals surface area contributed by atoms with Crippen molar-refractivity contribution >= 4 is 22.3 Å².